The molecule has 0 spiro atoms. The Morgan fingerprint density at radius 3 is 2.25 bits per heavy atom. The lowest BCUT2D eigenvalue weighted by molar-refractivity contribution is 0.262. The quantitative estimate of drug-likeness (QED) is 0.479. The maximum atomic E-state index is 12.2. The first kappa shape index (κ1) is 17.4. The molecule has 4 aromatic rings. The van der Waals surface area contributed by atoms with Gasteiger partial charge in [-0.1, -0.05) is 29.4 Å². The van der Waals surface area contributed by atoms with Gasteiger partial charge >= 0.3 is 6.03 Å². The third-order valence-electron chi connectivity index (χ3n) is 4.33. The van der Waals surface area contributed by atoms with Crippen molar-refractivity contribution in [3.63, 3.8) is 0 Å². The summed E-state index contributed by atoms with van der Waals surface area (Å²) in [7, 11) is 1.59. The largest absolute Gasteiger partial charge is 0.497 e. The Labute approximate surface area is 161 Å². The molecule has 0 aliphatic carbocycles. The molecule has 0 aliphatic rings. The number of urea groups is 1. The Kier molecular flexibility index (Phi) is 4.55. The highest BCUT2D eigenvalue weighted by Crippen LogP contribution is 2.32. The van der Waals surface area contributed by atoms with Crippen molar-refractivity contribution < 1.29 is 14.1 Å². The molecule has 0 saturated heterocycles. The van der Waals surface area contributed by atoms with Crippen LogP contribution in [0.3, 0.4) is 0 Å². The van der Waals surface area contributed by atoms with Crippen LogP contribution in [0.4, 0.5) is 22.1 Å². The van der Waals surface area contributed by atoms with Gasteiger partial charge in [0.1, 0.15) is 11.3 Å². The lowest BCUT2D eigenvalue weighted by atomic mass is 10.0. The third kappa shape index (κ3) is 3.45. The predicted molar refractivity (Wildman–Crippen MR) is 109 cm³/mol. The first-order valence-corrected chi connectivity index (χ1v) is 8.60. The summed E-state index contributed by atoms with van der Waals surface area (Å²) in [4.78, 5) is 12.2. The number of hydrogen-bond acceptors (Lipinski definition) is 5. The van der Waals surface area contributed by atoms with Gasteiger partial charge in [-0.3, -0.25) is 0 Å². The van der Waals surface area contributed by atoms with E-state index in [1.165, 1.54) is 0 Å². The number of benzene rings is 3. The molecule has 7 nitrogen and oxygen atoms in total. The van der Waals surface area contributed by atoms with Gasteiger partial charge in [0.25, 0.3) is 0 Å². The molecule has 28 heavy (non-hydrogen) atoms. The number of ether oxygens (including phenoxy) is 1. The highest BCUT2D eigenvalue weighted by atomic mass is 16.5. The molecule has 0 radical (unpaired) electrons. The van der Waals surface area contributed by atoms with Crippen LogP contribution < -0.4 is 21.1 Å². The monoisotopic (exact) mass is 374 g/mol. The first-order chi connectivity index (χ1) is 13.6. The lowest BCUT2D eigenvalue weighted by Crippen LogP contribution is -2.19. The molecule has 1 heterocycles. The number of nitrogen functional groups attached to an aromatic ring is 1. The second-order valence-corrected chi connectivity index (χ2v) is 6.13. The second-order valence-electron chi connectivity index (χ2n) is 6.13. The van der Waals surface area contributed by atoms with Crippen LogP contribution in [0.2, 0.25) is 0 Å². The van der Waals surface area contributed by atoms with Crippen LogP contribution in [0.25, 0.3) is 22.0 Å². The predicted octanol–water partition coefficient (Wildman–Crippen LogP) is 4.73. The summed E-state index contributed by atoms with van der Waals surface area (Å²) in [6.07, 6.45) is 0. The van der Waals surface area contributed by atoms with Crippen molar-refractivity contribution in [2.24, 2.45) is 0 Å². The van der Waals surface area contributed by atoms with E-state index in [0.29, 0.717) is 16.9 Å². The lowest BCUT2D eigenvalue weighted by Gasteiger charge is -2.09. The molecule has 7 heteroatoms. The number of methoxy groups -OCH3 is 1. The maximum absolute atomic E-state index is 12.2. The first-order valence-electron chi connectivity index (χ1n) is 8.60. The van der Waals surface area contributed by atoms with Gasteiger partial charge in [0.2, 0.25) is 5.88 Å². The minimum atomic E-state index is -0.330. The number of carbonyl (C=O) groups is 1. The van der Waals surface area contributed by atoms with Crippen LogP contribution in [-0.2, 0) is 0 Å². The second kappa shape index (κ2) is 7.32. The summed E-state index contributed by atoms with van der Waals surface area (Å²) in [6.45, 7) is 0. The van der Waals surface area contributed by atoms with E-state index in [1.807, 2.05) is 42.5 Å². The van der Waals surface area contributed by atoms with Gasteiger partial charge in [-0.2, -0.15) is 0 Å². The minimum absolute atomic E-state index is 0.284. The van der Waals surface area contributed by atoms with E-state index in [1.54, 1.807) is 31.4 Å². The highest BCUT2D eigenvalue weighted by Gasteiger charge is 2.11. The van der Waals surface area contributed by atoms with Crippen molar-refractivity contribution in [1.82, 2.24) is 5.16 Å². The van der Waals surface area contributed by atoms with Crippen molar-refractivity contribution in [3.05, 3.63) is 66.7 Å². The number of nitrogens with one attached hydrogen (secondary N) is 2. The van der Waals surface area contributed by atoms with Crippen LogP contribution in [0, 0.1) is 0 Å². The van der Waals surface area contributed by atoms with Crippen LogP contribution in [0.5, 0.6) is 5.75 Å². The molecule has 3 aromatic carbocycles. The molecule has 0 atom stereocenters. The van der Waals surface area contributed by atoms with Gasteiger partial charge in [-0.15, -0.1) is 0 Å². The zero-order valence-corrected chi connectivity index (χ0v) is 15.1. The van der Waals surface area contributed by atoms with Gasteiger partial charge in [0.05, 0.1) is 12.5 Å². The minimum Gasteiger partial charge on any atom is -0.497 e. The zero-order chi connectivity index (χ0) is 19.5. The molecular weight excluding hydrogens is 356 g/mol. The fraction of sp³-hybridized carbons (Fsp3) is 0.0476. The average molecular weight is 374 g/mol. The molecule has 1 aromatic heterocycles. The molecule has 0 fully saturated rings. The Balaban J connectivity index is 1.48. The van der Waals surface area contributed by atoms with Crippen LogP contribution in [0.15, 0.2) is 71.3 Å². The number of aromatic nitrogens is 1. The van der Waals surface area contributed by atoms with Crippen molar-refractivity contribution >= 4 is 34.2 Å². The van der Waals surface area contributed by atoms with Crippen LogP contribution in [-0.4, -0.2) is 18.3 Å². The van der Waals surface area contributed by atoms with Crippen molar-refractivity contribution in [2.75, 3.05) is 23.5 Å². The molecule has 4 rings (SSSR count). The van der Waals surface area contributed by atoms with Gasteiger partial charge < -0.3 is 25.6 Å². The van der Waals surface area contributed by atoms with Gasteiger partial charge in [-0.25, -0.2) is 4.79 Å². The van der Waals surface area contributed by atoms with Crippen LogP contribution >= 0.6 is 0 Å². The van der Waals surface area contributed by atoms with E-state index in [-0.39, 0.29) is 11.9 Å². The van der Waals surface area contributed by atoms with E-state index in [2.05, 4.69) is 15.8 Å². The van der Waals surface area contributed by atoms with Gasteiger partial charge in [0, 0.05) is 11.4 Å². The molecule has 4 N–H and O–H groups in total. The topological polar surface area (TPSA) is 102 Å². The standard InChI is InChI=1S/C21H18N4O3/c1-27-16-11-9-15(10-12-16)24-21(26)23-14-7-5-13(6-8-14)17-3-2-4-18-19(17)20(22)28-25-18/h2-12H,22H2,1H3,(H2,23,24,26). The summed E-state index contributed by atoms with van der Waals surface area (Å²) in [5.74, 6) is 1.01. The number of nitrogens with zero attached hydrogens (tertiary/aromatic N) is 1. The number of rotatable bonds is 4. The summed E-state index contributed by atoms with van der Waals surface area (Å²) < 4.78 is 10.2. The highest BCUT2D eigenvalue weighted by molar-refractivity contribution is 6.02. The zero-order valence-electron chi connectivity index (χ0n) is 15.1. The van der Waals surface area contributed by atoms with Gasteiger partial charge in [0.15, 0.2) is 0 Å². The summed E-state index contributed by atoms with van der Waals surface area (Å²) in [5.41, 5.74) is 9.81. The molecule has 0 saturated carbocycles. The van der Waals surface area contributed by atoms with Crippen molar-refractivity contribution in [2.45, 2.75) is 0 Å². The number of carbonyl (C=O) groups excluding carboxylic acids is 1. The maximum Gasteiger partial charge on any atom is 0.323 e. The Morgan fingerprint density at radius 1 is 0.964 bits per heavy atom. The summed E-state index contributed by atoms with van der Waals surface area (Å²) in [5, 5.41) is 10.3. The van der Waals surface area contributed by atoms with E-state index < -0.39 is 0 Å². The Hall–Kier alpha value is -4.00. The van der Waals surface area contributed by atoms with Gasteiger partial charge in [-0.05, 0) is 53.6 Å². The number of nitrogens with two attached hydrogens (primary N) is 1. The number of hydrogen-bond donors (Lipinski definition) is 3. The van der Waals surface area contributed by atoms with Crippen LogP contribution in [0.1, 0.15) is 0 Å². The smallest absolute Gasteiger partial charge is 0.323 e. The third-order valence-corrected chi connectivity index (χ3v) is 4.33. The summed E-state index contributed by atoms with van der Waals surface area (Å²) >= 11 is 0. The number of fused-ring (bicyclic) bond motifs is 1. The normalized spacial score (nSPS) is 10.6. The van der Waals surface area contributed by atoms with E-state index in [9.17, 15) is 4.79 Å². The molecule has 0 unspecified atom stereocenters. The molecule has 0 bridgehead atoms. The Morgan fingerprint density at radius 2 is 1.61 bits per heavy atom. The fourth-order valence-corrected chi connectivity index (χ4v) is 2.96. The van der Waals surface area contributed by atoms with E-state index in [0.717, 1.165) is 22.3 Å². The fourth-order valence-electron chi connectivity index (χ4n) is 2.96. The molecule has 2 amide bonds. The number of amides is 2. The Bertz CT molecular complexity index is 1120. The average Bonchev–Trinajstić information content (AvgIpc) is 3.10. The molecular formula is C21H18N4O3. The molecule has 0 aliphatic heterocycles. The van der Waals surface area contributed by atoms with Crippen molar-refractivity contribution in [3.8, 4) is 16.9 Å². The number of anilines is 3. The van der Waals surface area contributed by atoms with E-state index >= 15 is 0 Å². The molecule has 140 valence electrons. The SMILES string of the molecule is COc1ccc(NC(=O)Nc2ccc(-c3cccc4noc(N)c34)cc2)cc1. The van der Waals surface area contributed by atoms with E-state index in [4.69, 9.17) is 15.0 Å². The van der Waals surface area contributed by atoms with Crippen molar-refractivity contribution in [1.29, 1.82) is 0 Å². The summed E-state index contributed by atoms with van der Waals surface area (Å²) in [6, 6.07) is 19.9.